The normalized spacial score (nSPS) is 11.3. The maximum absolute atomic E-state index is 2.44. The van der Waals surface area contributed by atoms with Crippen LogP contribution in [0.15, 0.2) is 243 Å². The third kappa shape index (κ3) is 6.32. The van der Waals surface area contributed by atoms with E-state index in [0.29, 0.717) is 0 Å². The Morgan fingerprint density at radius 1 is 0.283 bits per heavy atom. The van der Waals surface area contributed by atoms with Crippen molar-refractivity contribution in [2.24, 2.45) is 0 Å². The molecule has 0 atom stereocenters. The summed E-state index contributed by atoms with van der Waals surface area (Å²) < 4.78 is 2.44. The molecule has 0 spiro atoms. The fourth-order valence-electron chi connectivity index (χ4n) is 8.89. The molecule has 60 heavy (non-hydrogen) atoms. The van der Waals surface area contributed by atoms with Crippen LogP contribution in [0.4, 0.5) is 17.1 Å². The summed E-state index contributed by atoms with van der Waals surface area (Å²) in [6, 6.07) is 87.7. The van der Waals surface area contributed by atoms with Gasteiger partial charge in [-0.2, -0.15) is 0 Å². The predicted octanol–water partition coefficient (Wildman–Crippen LogP) is 16.1. The number of benzene rings is 10. The van der Waals surface area contributed by atoms with Crippen LogP contribution >= 0.6 is 0 Å². The van der Waals surface area contributed by atoms with E-state index in [1.807, 2.05) is 0 Å². The topological polar surface area (TPSA) is 8.17 Å². The molecule has 2 heteroatoms. The van der Waals surface area contributed by atoms with E-state index in [2.05, 4.69) is 252 Å². The summed E-state index contributed by atoms with van der Waals surface area (Å²) in [5, 5.41) is 5.04. The summed E-state index contributed by atoms with van der Waals surface area (Å²) >= 11 is 0. The summed E-state index contributed by atoms with van der Waals surface area (Å²) in [6.07, 6.45) is 0. The lowest BCUT2D eigenvalue weighted by Gasteiger charge is -2.26. The fourth-order valence-corrected chi connectivity index (χ4v) is 8.89. The second-order valence-corrected chi connectivity index (χ2v) is 15.3. The van der Waals surface area contributed by atoms with E-state index >= 15 is 0 Å². The van der Waals surface area contributed by atoms with Crippen molar-refractivity contribution in [1.29, 1.82) is 0 Å². The second kappa shape index (κ2) is 15.1. The molecular formula is C58H40N2. The van der Waals surface area contributed by atoms with Gasteiger partial charge in [0.25, 0.3) is 0 Å². The zero-order valence-corrected chi connectivity index (χ0v) is 33.0. The van der Waals surface area contributed by atoms with Crippen LogP contribution in [0.2, 0.25) is 0 Å². The van der Waals surface area contributed by atoms with Crippen LogP contribution in [0.3, 0.4) is 0 Å². The molecule has 0 aliphatic heterocycles. The van der Waals surface area contributed by atoms with Crippen molar-refractivity contribution in [3.05, 3.63) is 243 Å². The van der Waals surface area contributed by atoms with E-state index in [4.69, 9.17) is 0 Å². The Bertz CT molecular complexity index is 3270. The first-order chi connectivity index (χ1) is 29.8. The van der Waals surface area contributed by atoms with Crippen LogP contribution in [0, 0.1) is 0 Å². The van der Waals surface area contributed by atoms with Crippen LogP contribution in [0.5, 0.6) is 0 Å². The molecule has 0 aliphatic rings. The number of anilines is 3. The number of aromatic nitrogens is 1. The van der Waals surface area contributed by atoms with Gasteiger partial charge >= 0.3 is 0 Å². The highest BCUT2D eigenvalue weighted by atomic mass is 15.1. The fraction of sp³-hybridized carbons (Fsp3) is 0. The van der Waals surface area contributed by atoms with Gasteiger partial charge in [0.1, 0.15) is 0 Å². The summed E-state index contributed by atoms with van der Waals surface area (Å²) in [4.78, 5) is 2.33. The Labute approximate surface area is 350 Å². The van der Waals surface area contributed by atoms with Gasteiger partial charge in [0.15, 0.2) is 0 Å². The molecule has 0 bridgehead atoms. The van der Waals surface area contributed by atoms with Gasteiger partial charge in [-0.05, 0) is 110 Å². The summed E-state index contributed by atoms with van der Waals surface area (Å²) in [5.74, 6) is 0. The molecule has 11 aromatic rings. The molecule has 10 aromatic carbocycles. The molecule has 1 heterocycles. The largest absolute Gasteiger partial charge is 0.311 e. The van der Waals surface area contributed by atoms with Crippen LogP contribution < -0.4 is 4.90 Å². The molecule has 0 amide bonds. The average Bonchev–Trinajstić information content (AvgIpc) is 3.67. The molecule has 0 N–H and O–H groups in total. The predicted molar refractivity (Wildman–Crippen MR) is 255 cm³/mol. The van der Waals surface area contributed by atoms with Crippen molar-refractivity contribution in [2.75, 3.05) is 4.90 Å². The van der Waals surface area contributed by atoms with Crippen molar-refractivity contribution in [2.45, 2.75) is 0 Å². The summed E-state index contributed by atoms with van der Waals surface area (Å²) in [5.41, 5.74) is 16.5. The van der Waals surface area contributed by atoms with Crippen LogP contribution in [-0.2, 0) is 0 Å². The Balaban J connectivity index is 0.934. The van der Waals surface area contributed by atoms with Gasteiger partial charge in [0, 0.05) is 33.4 Å². The smallest absolute Gasteiger partial charge is 0.0547 e. The zero-order chi connectivity index (χ0) is 39.8. The molecule has 2 nitrogen and oxygen atoms in total. The Morgan fingerprint density at radius 3 is 1.50 bits per heavy atom. The monoisotopic (exact) mass is 764 g/mol. The van der Waals surface area contributed by atoms with E-state index in [1.54, 1.807) is 0 Å². The van der Waals surface area contributed by atoms with Gasteiger partial charge in [-0.3, -0.25) is 0 Å². The first-order valence-corrected chi connectivity index (χ1v) is 20.6. The molecule has 0 saturated heterocycles. The van der Waals surface area contributed by atoms with E-state index < -0.39 is 0 Å². The Morgan fingerprint density at radius 2 is 0.767 bits per heavy atom. The lowest BCUT2D eigenvalue weighted by molar-refractivity contribution is 1.18. The van der Waals surface area contributed by atoms with Crippen molar-refractivity contribution in [3.8, 4) is 50.2 Å². The highest BCUT2D eigenvalue weighted by molar-refractivity contribution is 6.16. The minimum absolute atomic E-state index is 1.10. The third-order valence-electron chi connectivity index (χ3n) is 11.8. The highest BCUT2D eigenvalue weighted by Gasteiger charge is 2.19. The van der Waals surface area contributed by atoms with Gasteiger partial charge < -0.3 is 9.47 Å². The van der Waals surface area contributed by atoms with Gasteiger partial charge in [0.05, 0.1) is 16.7 Å². The lowest BCUT2D eigenvalue weighted by atomic mass is 9.98. The molecule has 0 aliphatic carbocycles. The molecule has 11 rings (SSSR count). The third-order valence-corrected chi connectivity index (χ3v) is 11.8. The van der Waals surface area contributed by atoms with E-state index in [1.165, 1.54) is 71.5 Å². The molecule has 0 fully saturated rings. The van der Waals surface area contributed by atoms with Crippen molar-refractivity contribution < 1.29 is 0 Å². The number of hydrogen-bond acceptors (Lipinski definition) is 1. The maximum atomic E-state index is 2.44. The standard InChI is InChI=1S/C58H40N2/c1-3-15-45(16-4-1)53-22-13-25-57-58(53)54-21-10-12-24-56(54)60(57)55-23-11-9-20-52(55)46-34-38-51(39-35-46)59(49-18-5-2-6-19-49)50-36-32-43(33-37-50)42-26-28-44(29-27-42)48-31-30-41-14-7-8-17-47(41)40-48/h1-40H. The Hall–Kier alpha value is -7.94. The summed E-state index contributed by atoms with van der Waals surface area (Å²) in [7, 11) is 0. The van der Waals surface area contributed by atoms with E-state index in [0.717, 1.165) is 28.3 Å². The molecule has 1 aromatic heterocycles. The van der Waals surface area contributed by atoms with Crippen molar-refractivity contribution in [3.63, 3.8) is 0 Å². The molecule has 0 radical (unpaired) electrons. The van der Waals surface area contributed by atoms with E-state index in [-0.39, 0.29) is 0 Å². The maximum Gasteiger partial charge on any atom is 0.0547 e. The first kappa shape index (κ1) is 35.2. The molecule has 0 unspecified atom stereocenters. The molecular weight excluding hydrogens is 725 g/mol. The van der Waals surface area contributed by atoms with Crippen LogP contribution in [0.1, 0.15) is 0 Å². The Kier molecular flexibility index (Phi) is 8.87. The van der Waals surface area contributed by atoms with Crippen molar-refractivity contribution in [1.82, 2.24) is 4.57 Å². The number of hydrogen-bond donors (Lipinski definition) is 0. The SMILES string of the molecule is c1ccc(-c2cccc3c2c2ccccc2n3-c2ccccc2-c2ccc(N(c3ccccc3)c3ccc(-c4ccc(-c5ccc6ccccc6c5)cc4)cc3)cc2)cc1. The molecule has 282 valence electrons. The number of para-hydroxylation sites is 3. The highest BCUT2D eigenvalue weighted by Crippen LogP contribution is 2.42. The minimum Gasteiger partial charge on any atom is -0.311 e. The summed E-state index contributed by atoms with van der Waals surface area (Å²) in [6.45, 7) is 0. The number of nitrogens with zero attached hydrogens (tertiary/aromatic N) is 2. The minimum atomic E-state index is 1.10. The second-order valence-electron chi connectivity index (χ2n) is 15.3. The first-order valence-electron chi connectivity index (χ1n) is 20.6. The van der Waals surface area contributed by atoms with Gasteiger partial charge in [0.2, 0.25) is 0 Å². The average molecular weight is 765 g/mol. The van der Waals surface area contributed by atoms with Crippen LogP contribution in [0.25, 0.3) is 82.8 Å². The van der Waals surface area contributed by atoms with Gasteiger partial charge in [-0.25, -0.2) is 0 Å². The quantitative estimate of drug-likeness (QED) is 0.150. The van der Waals surface area contributed by atoms with E-state index in [9.17, 15) is 0 Å². The van der Waals surface area contributed by atoms with Crippen molar-refractivity contribution >= 4 is 49.6 Å². The number of rotatable bonds is 8. The number of fused-ring (bicyclic) bond motifs is 4. The zero-order valence-electron chi connectivity index (χ0n) is 33.0. The molecule has 0 saturated carbocycles. The lowest BCUT2D eigenvalue weighted by Crippen LogP contribution is -2.09. The van der Waals surface area contributed by atoms with Gasteiger partial charge in [-0.1, -0.05) is 182 Å². The van der Waals surface area contributed by atoms with Crippen LogP contribution in [-0.4, -0.2) is 4.57 Å². The van der Waals surface area contributed by atoms with Gasteiger partial charge in [-0.15, -0.1) is 0 Å².